The summed E-state index contributed by atoms with van der Waals surface area (Å²) in [6, 6.07) is 2.90. The molecule has 90 valence electrons. The van der Waals surface area contributed by atoms with Gasteiger partial charge in [-0.2, -0.15) is 0 Å². The maximum Gasteiger partial charge on any atom is 0.232 e. The fourth-order valence-corrected chi connectivity index (χ4v) is 1.51. The number of hydrogen-bond acceptors (Lipinski definition) is 3. The van der Waals surface area contributed by atoms with Gasteiger partial charge in [0.15, 0.2) is 0 Å². The fraction of sp³-hybridized carbons (Fsp3) is 0.273. The Balaban J connectivity index is 2.00. The molecule has 0 aromatic heterocycles. The summed E-state index contributed by atoms with van der Waals surface area (Å²) in [5.74, 6) is -1.12. The third-order valence-corrected chi connectivity index (χ3v) is 2.27. The average molecular weight is 239 g/mol. The van der Waals surface area contributed by atoms with E-state index in [-0.39, 0.29) is 12.1 Å². The Kier molecular flexibility index (Phi) is 3.32. The molecule has 0 radical (unpaired) electrons. The minimum atomic E-state index is -0.666. The molecule has 6 heteroatoms. The van der Waals surface area contributed by atoms with Crippen LogP contribution in [-0.4, -0.2) is 24.8 Å². The van der Waals surface area contributed by atoms with Crippen LogP contribution in [0, 0.1) is 11.6 Å². The lowest BCUT2D eigenvalue weighted by molar-refractivity contribution is -0.115. The number of anilines is 1. The van der Waals surface area contributed by atoms with Gasteiger partial charge in [0.1, 0.15) is 17.5 Å². The van der Waals surface area contributed by atoms with Gasteiger partial charge >= 0.3 is 0 Å². The molecule has 4 nitrogen and oxygen atoms in total. The van der Waals surface area contributed by atoms with Crippen LogP contribution in [0.15, 0.2) is 23.2 Å². The summed E-state index contributed by atoms with van der Waals surface area (Å²) in [5.41, 5.74) is -0.159. The molecule has 0 atom stereocenters. The summed E-state index contributed by atoms with van der Waals surface area (Å²) in [6.45, 7) is 1.34. The molecule has 0 fully saturated rings. The normalized spacial score (nSPS) is 14.1. The molecule has 2 rings (SSSR count). The number of carbonyl (C=O) groups excluding carboxylic acids is 1. The van der Waals surface area contributed by atoms with Crippen molar-refractivity contribution in [1.82, 2.24) is 5.32 Å². The molecule has 2 N–H and O–H groups in total. The smallest absolute Gasteiger partial charge is 0.232 e. The number of carbonyl (C=O) groups is 1. The molecule has 0 saturated heterocycles. The maximum absolute atomic E-state index is 13.2. The van der Waals surface area contributed by atoms with Gasteiger partial charge in [0.2, 0.25) is 5.91 Å². The number of benzene rings is 1. The first-order chi connectivity index (χ1) is 8.15. The highest BCUT2D eigenvalue weighted by atomic mass is 19.1. The van der Waals surface area contributed by atoms with Gasteiger partial charge in [-0.25, -0.2) is 8.78 Å². The SMILES string of the molecule is O=C(CC1=NCCN1)Nc1cc(F)ccc1F. The fourth-order valence-electron chi connectivity index (χ4n) is 1.51. The van der Waals surface area contributed by atoms with E-state index < -0.39 is 17.5 Å². The molecule has 1 aliphatic heterocycles. The van der Waals surface area contributed by atoms with Gasteiger partial charge in [-0.05, 0) is 12.1 Å². The van der Waals surface area contributed by atoms with E-state index in [0.717, 1.165) is 18.2 Å². The van der Waals surface area contributed by atoms with E-state index >= 15 is 0 Å². The van der Waals surface area contributed by atoms with Crippen LogP contribution >= 0.6 is 0 Å². The third-order valence-electron chi connectivity index (χ3n) is 2.27. The summed E-state index contributed by atoms with van der Waals surface area (Å²) in [4.78, 5) is 15.5. The van der Waals surface area contributed by atoms with Gasteiger partial charge in [0.05, 0.1) is 18.7 Å². The molecular formula is C11H11F2N3O. The van der Waals surface area contributed by atoms with Crippen LogP contribution in [0.2, 0.25) is 0 Å². The zero-order valence-electron chi connectivity index (χ0n) is 8.96. The van der Waals surface area contributed by atoms with Crippen molar-refractivity contribution < 1.29 is 13.6 Å². The quantitative estimate of drug-likeness (QED) is 0.835. The molecular weight excluding hydrogens is 228 g/mol. The Morgan fingerprint density at radius 1 is 1.47 bits per heavy atom. The van der Waals surface area contributed by atoms with Crippen molar-refractivity contribution >= 4 is 17.4 Å². The van der Waals surface area contributed by atoms with Gasteiger partial charge in [-0.1, -0.05) is 0 Å². The third kappa shape index (κ3) is 2.99. The van der Waals surface area contributed by atoms with E-state index in [1.165, 1.54) is 0 Å². The van der Waals surface area contributed by atoms with Crippen LogP contribution in [0.25, 0.3) is 0 Å². The monoisotopic (exact) mass is 239 g/mol. The summed E-state index contributed by atoms with van der Waals surface area (Å²) < 4.78 is 26.1. The zero-order valence-corrected chi connectivity index (χ0v) is 8.96. The van der Waals surface area contributed by atoms with Crippen LogP contribution in [0.4, 0.5) is 14.5 Å². The second-order valence-electron chi connectivity index (χ2n) is 3.60. The summed E-state index contributed by atoms with van der Waals surface area (Å²) in [7, 11) is 0. The standard InChI is InChI=1S/C11H11F2N3O/c12-7-1-2-8(13)9(5-7)16-11(17)6-10-14-3-4-15-10/h1-2,5H,3-4,6H2,(H,14,15)(H,16,17). The molecule has 0 spiro atoms. The van der Waals surface area contributed by atoms with Crippen molar-refractivity contribution in [1.29, 1.82) is 0 Å². The molecule has 1 aromatic rings. The van der Waals surface area contributed by atoms with E-state index in [4.69, 9.17) is 0 Å². The highest BCUT2D eigenvalue weighted by Gasteiger charge is 2.12. The molecule has 0 saturated carbocycles. The van der Waals surface area contributed by atoms with Crippen LogP contribution in [0.5, 0.6) is 0 Å². The molecule has 0 unspecified atom stereocenters. The Hall–Kier alpha value is -1.98. The summed E-state index contributed by atoms with van der Waals surface area (Å²) in [6.07, 6.45) is 0.0377. The van der Waals surface area contributed by atoms with Crippen molar-refractivity contribution in [2.24, 2.45) is 4.99 Å². The largest absolute Gasteiger partial charge is 0.372 e. The molecule has 1 amide bonds. The Bertz CT molecular complexity index is 474. The summed E-state index contributed by atoms with van der Waals surface area (Å²) >= 11 is 0. The Morgan fingerprint density at radius 3 is 3.00 bits per heavy atom. The lowest BCUT2D eigenvalue weighted by Crippen LogP contribution is -2.25. The number of halogens is 2. The van der Waals surface area contributed by atoms with Gasteiger partial charge in [-0.3, -0.25) is 9.79 Å². The van der Waals surface area contributed by atoms with Crippen molar-refractivity contribution in [2.45, 2.75) is 6.42 Å². The van der Waals surface area contributed by atoms with Crippen LogP contribution in [-0.2, 0) is 4.79 Å². The molecule has 1 heterocycles. The van der Waals surface area contributed by atoms with Crippen molar-refractivity contribution in [3.05, 3.63) is 29.8 Å². The molecule has 0 aliphatic carbocycles. The number of aliphatic imine (C=N–C) groups is 1. The van der Waals surface area contributed by atoms with E-state index in [0.29, 0.717) is 18.9 Å². The topological polar surface area (TPSA) is 53.5 Å². The first kappa shape index (κ1) is 11.5. The van der Waals surface area contributed by atoms with Crippen LogP contribution in [0.1, 0.15) is 6.42 Å². The average Bonchev–Trinajstić information content (AvgIpc) is 2.76. The lowest BCUT2D eigenvalue weighted by Gasteiger charge is -2.06. The van der Waals surface area contributed by atoms with E-state index in [9.17, 15) is 13.6 Å². The predicted octanol–water partition coefficient (Wildman–Crippen LogP) is 1.30. The highest BCUT2D eigenvalue weighted by molar-refractivity contribution is 6.06. The second-order valence-corrected chi connectivity index (χ2v) is 3.60. The maximum atomic E-state index is 13.2. The van der Waals surface area contributed by atoms with Crippen molar-refractivity contribution in [3.63, 3.8) is 0 Å². The zero-order chi connectivity index (χ0) is 12.3. The van der Waals surface area contributed by atoms with E-state index in [1.54, 1.807) is 0 Å². The van der Waals surface area contributed by atoms with E-state index in [1.807, 2.05) is 0 Å². The number of nitrogens with one attached hydrogen (secondary N) is 2. The number of nitrogens with zero attached hydrogens (tertiary/aromatic N) is 1. The number of rotatable bonds is 3. The van der Waals surface area contributed by atoms with Crippen LogP contribution in [0.3, 0.4) is 0 Å². The van der Waals surface area contributed by atoms with Gasteiger partial charge in [-0.15, -0.1) is 0 Å². The van der Waals surface area contributed by atoms with Gasteiger partial charge in [0.25, 0.3) is 0 Å². The van der Waals surface area contributed by atoms with Crippen molar-refractivity contribution in [2.75, 3.05) is 18.4 Å². The Morgan fingerprint density at radius 2 is 2.29 bits per heavy atom. The number of hydrogen-bond donors (Lipinski definition) is 2. The summed E-state index contributed by atoms with van der Waals surface area (Å²) in [5, 5.41) is 5.22. The molecule has 0 bridgehead atoms. The lowest BCUT2D eigenvalue weighted by atomic mass is 10.2. The van der Waals surface area contributed by atoms with E-state index in [2.05, 4.69) is 15.6 Å². The van der Waals surface area contributed by atoms with Crippen LogP contribution < -0.4 is 10.6 Å². The molecule has 17 heavy (non-hydrogen) atoms. The van der Waals surface area contributed by atoms with Gasteiger partial charge in [0, 0.05) is 12.6 Å². The van der Waals surface area contributed by atoms with Gasteiger partial charge < -0.3 is 10.6 Å². The Labute approximate surface area is 96.7 Å². The predicted molar refractivity (Wildman–Crippen MR) is 59.9 cm³/mol. The first-order valence-corrected chi connectivity index (χ1v) is 5.17. The highest BCUT2D eigenvalue weighted by Crippen LogP contribution is 2.15. The number of amides is 1. The first-order valence-electron chi connectivity index (χ1n) is 5.17. The second kappa shape index (κ2) is 4.90. The minimum absolute atomic E-state index is 0.0377. The molecule has 1 aliphatic rings. The molecule has 1 aromatic carbocycles. The minimum Gasteiger partial charge on any atom is -0.372 e. The number of amidine groups is 1. The van der Waals surface area contributed by atoms with Crippen molar-refractivity contribution in [3.8, 4) is 0 Å².